The van der Waals surface area contributed by atoms with E-state index in [4.69, 9.17) is 21.1 Å². The van der Waals surface area contributed by atoms with Gasteiger partial charge in [-0.05, 0) is 54.4 Å². The van der Waals surface area contributed by atoms with E-state index in [-0.39, 0.29) is 0 Å². The molecule has 0 fully saturated rings. The van der Waals surface area contributed by atoms with E-state index < -0.39 is 0 Å². The molecule has 0 amide bonds. The first-order chi connectivity index (χ1) is 9.88. The van der Waals surface area contributed by atoms with Crippen molar-refractivity contribution in [2.24, 2.45) is 0 Å². The quantitative estimate of drug-likeness (QED) is 0.559. The molecule has 0 atom stereocenters. The molecule has 0 saturated carbocycles. The molecular weight excluding hydrogens is 272 g/mol. The van der Waals surface area contributed by atoms with Crippen molar-refractivity contribution in [3.05, 3.63) is 54.6 Å². The summed E-state index contributed by atoms with van der Waals surface area (Å²) in [4.78, 5) is 0. The molecule has 3 heteroatoms. The predicted molar refractivity (Wildman–Crippen MR) is 81.3 cm³/mol. The molecule has 0 aliphatic carbocycles. The maximum absolute atomic E-state index is 5.70. The van der Waals surface area contributed by atoms with Gasteiger partial charge in [0, 0.05) is 11.8 Å². The van der Waals surface area contributed by atoms with Gasteiger partial charge >= 0.3 is 0 Å². The highest BCUT2D eigenvalue weighted by Gasteiger charge is 1.98. The first-order valence-corrected chi connectivity index (χ1v) is 6.80. The van der Waals surface area contributed by atoms with Crippen molar-refractivity contribution in [1.82, 2.24) is 0 Å². The van der Waals surface area contributed by atoms with Crippen LogP contribution in [0.5, 0.6) is 17.2 Å². The third-order valence-electron chi connectivity index (χ3n) is 2.58. The highest BCUT2D eigenvalue weighted by molar-refractivity contribution is 6.30. The summed E-state index contributed by atoms with van der Waals surface area (Å²) < 4.78 is 11.3. The van der Waals surface area contributed by atoms with Crippen molar-refractivity contribution < 1.29 is 9.47 Å². The summed E-state index contributed by atoms with van der Waals surface area (Å²) in [5, 5.41) is 2.35. The first-order valence-electron chi connectivity index (χ1n) is 6.43. The number of rotatable bonds is 6. The summed E-state index contributed by atoms with van der Waals surface area (Å²) in [5.74, 6) is 5.22. The monoisotopic (exact) mass is 286 g/mol. The average molecular weight is 287 g/mol. The van der Waals surface area contributed by atoms with E-state index in [0.29, 0.717) is 6.61 Å². The second-order valence-electron chi connectivity index (χ2n) is 4.11. The zero-order chi connectivity index (χ0) is 14.0. The maximum Gasteiger partial charge on any atom is 0.127 e. The second kappa shape index (κ2) is 8.14. The molecule has 0 aliphatic heterocycles. The third kappa shape index (κ3) is 4.87. The van der Waals surface area contributed by atoms with Crippen LogP contribution < -0.4 is 9.47 Å². The number of hydrogen-bond donors (Lipinski definition) is 0. The van der Waals surface area contributed by atoms with E-state index in [1.165, 1.54) is 0 Å². The molecule has 2 nitrogen and oxygen atoms in total. The zero-order valence-corrected chi connectivity index (χ0v) is 11.8. The van der Waals surface area contributed by atoms with Crippen LogP contribution in [0.4, 0.5) is 0 Å². The molecule has 0 bridgehead atoms. The highest BCUT2D eigenvalue weighted by Crippen LogP contribution is 2.23. The Morgan fingerprint density at radius 1 is 0.850 bits per heavy atom. The minimum Gasteiger partial charge on any atom is -0.494 e. The van der Waals surface area contributed by atoms with Gasteiger partial charge in [0.25, 0.3) is 0 Å². The lowest BCUT2D eigenvalue weighted by Crippen LogP contribution is -1.96. The fourth-order valence-electron chi connectivity index (χ4n) is 1.63. The van der Waals surface area contributed by atoms with Crippen LogP contribution in [0.25, 0.3) is 0 Å². The van der Waals surface area contributed by atoms with E-state index in [1.807, 2.05) is 54.6 Å². The van der Waals surface area contributed by atoms with Crippen molar-refractivity contribution in [2.75, 3.05) is 6.61 Å². The lowest BCUT2D eigenvalue weighted by atomic mass is 10.3. The molecule has 0 N–H and O–H groups in total. The van der Waals surface area contributed by atoms with Gasteiger partial charge in [-0.25, -0.2) is 0 Å². The van der Waals surface area contributed by atoms with Gasteiger partial charge in [0.2, 0.25) is 0 Å². The van der Waals surface area contributed by atoms with Gasteiger partial charge in [-0.3, -0.25) is 0 Å². The third-order valence-corrected chi connectivity index (χ3v) is 2.72. The number of hydrogen-bond acceptors (Lipinski definition) is 2. The largest absolute Gasteiger partial charge is 0.494 e. The van der Waals surface area contributed by atoms with Crippen molar-refractivity contribution in [3.63, 3.8) is 0 Å². The fraction of sp³-hybridized carbons (Fsp3) is 0.176. The molecule has 0 aliphatic rings. The Kier molecular flexibility index (Phi) is 5.82. The number of unbranched alkanes of at least 4 members (excludes halogenated alkanes) is 1. The van der Waals surface area contributed by atoms with Gasteiger partial charge < -0.3 is 9.47 Å². The van der Waals surface area contributed by atoms with Crippen molar-refractivity contribution >= 4 is 11.6 Å². The van der Waals surface area contributed by atoms with Crippen LogP contribution in [0.1, 0.15) is 12.8 Å². The van der Waals surface area contributed by atoms with Gasteiger partial charge in [-0.2, -0.15) is 0 Å². The van der Waals surface area contributed by atoms with E-state index in [1.54, 1.807) is 0 Å². The normalized spacial score (nSPS) is 9.45. The molecule has 0 radical (unpaired) electrons. The van der Waals surface area contributed by atoms with Crippen LogP contribution in [0.3, 0.4) is 0 Å². The van der Waals surface area contributed by atoms with Crippen molar-refractivity contribution in [3.8, 4) is 28.5 Å². The smallest absolute Gasteiger partial charge is 0.127 e. The van der Waals surface area contributed by atoms with E-state index in [0.717, 1.165) is 30.1 Å². The molecule has 0 saturated heterocycles. The van der Waals surface area contributed by atoms with Gasteiger partial charge in [0.15, 0.2) is 0 Å². The summed E-state index contributed by atoms with van der Waals surface area (Å²) in [6, 6.07) is 17.2. The Morgan fingerprint density at radius 3 is 2.20 bits per heavy atom. The highest BCUT2D eigenvalue weighted by atomic mass is 35.5. The standard InChI is InChI=1S/C17H15ClO2/c18-13-5-2-6-14-19-15-9-11-17(12-10-15)20-16-7-3-1-4-8-16/h1,3-4,7-12H,2,6,14H2. The minimum absolute atomic E-state index is 0.629. The molecule has 2 aromatic rings. The lowest BCUT2D eigenvalue weighted by molar-refractivity contribution is 0.312. The Balaban J connectivity index is 1.81. The first kappa shape index (κ1) is 14.3. The number of ether oxygens (including phenoxy) is 2. The number of para-hydroxylation sites is 1. The maximum atomic E-state index is 5.70. The molecule has 102 valence electrons. The van der Waals surface area contributed by atoms with Gasteiger partial charge in [-0.1, -0.05) is 24.1 Å². The molecular formula is C17H15ClO2. The van der Waals surface area contributed by atoms with E-state index in [2.05, 4.69) is 11.3 Å². The molecule has 0 spiro atoms. The van der Waals surface area contributed by atoms with Gasteiger partial charge in [0.1, 0.15) is 17.2 Å². The summed E-state index contributed by atoms with van der Waals surface area (Å²) >= 11 is 5.27. The topological polar surface area (TPSA) is 18.5 Å². The van der Waals surface area contributed by atoms with Crippen LogP contribution in [0.2, 0.25) is 0 Å². The Labute approximate surface area is 124 Å². The molecule has 0 unspecified atom stereocenters. The molecule has 2 rings (SSSR count). The van der Waals surface area contributed by atoms with Crippen LogP contribution in [0, 0.1) is 11.3 Å². The lowest BCUT2D eigenvalue weighted by Gasteiger charge is -2.07. The SMILES string of the molecule is ClC#CCCCOc1ccc(Oc2ccccc2)cc1. The van der Waals surface area contributed by atoms with Crippen LogP contribution >= 0.6 is 11.6 Å². The molecule has 0 aromatic heterocycles. The van der Waals surface area contributed by atoms with Crippen molar-refractivity contribution in [1.29, 1.82) is 0 Å². The Hall–Kier alpha value is -2.11. The minimum atomic E-state index is 0.629. The summed E-state index contributed by atoms with van der Waals surface area (Å²) in [6.07, 6.45) is 1.61. The number of halogens is 1. The van der Waals surface area contributed by atoms with Gasteiger partial charge in [-0.15, -0.1) is 0 Å². The van der Waals surface area contributed by atoms with Crippen LogP contribution in [-0.4, -0.2) is 6.61 Å². The van der Waals surface area contributed by atoms with Crippen LogP contribution in [-0.2, 0) is 0 Å². The summed E-state index contributed by atoms with van der Waals surface area (Å²) in [7, 11) is 0. The summed E-state index contributed by atoms with van der Waals surface area (Å²) in [6.45, 7) is 0.629. The van der Waals surface area contributed by atoms with E-state index in [9.17, 15) is 0 Å². The predicted octanol–water partition coefficient (Wildman–Crippen LogP) is 4.84. The van der Waals surface area contributed by atoms with E-state index >= 15 is 0 Å². The second-order valence-corrected chi connectivity index (χ2v) is 4.30. The Bertz CT molecular complexity index is 567. The Morgan fingerprint density at radius 2 is 1.50 bits per heavy atom. The molecule has 2 aromatic carbocycles. The van der Waals surface area contributed by atoms with Gasteiger partial charge in [0.05, 0.1) is 6.61 Å². The fourth-order valence-corrected chi connectivity index (χ4v) is 1.72. The molecule has 0 heterocycles. The number of benzene rings is 2. The summed E-state index contributed by atoms with van der Waals surface area (Å²) in [5.41, 5.74) is 0. The van der Waals surface area contributed by atoms with Crippen molar-refractivity contribution in [2.45, 2.75) is 12.8 Å². The average Bonchev–Trinajstić information content (AvgIpc) is 2.50. The zero-order valence-electron chi connectivity index (χ0n) is 11.0. The molecule has 20 heavy (non-hydrogen) atoms. The van der Waals surface area contributed by atoms with Crippen LogP contribution in [0.15, 0.2) is 54.6 Å².